The highest BCUT2D eigenvalue weighted by molar-refractivity contribution is 5.74. The zero-order valence-corrected chi connectivity index (χ0v) is 13.4. The number of fused-ring (bicyclic) bond motifs is 1. The van der Waals surface area contributed by atoms with Crippen LogP contribution in [0.15, 0.2) is 97.7 Å². The second-order valence-corrected chi connectivity index (χ2v) is 5.91. The van der Waals surface area contributed by atoms with E-state index in [1.807, 2.05) is 12.2 Å². The molecule has 0 bridgehead atoms. The van der Waals surface area contributed by atoms with Crippen LogP contribution in [-0.4, -0.2) is 0 Å². The Bertz CT molecular complexity index is 746. The molecule has 2 aliphatic rings. The van der Waals surface area contributed by atoms with Crippen LogP contribution in [0.3, 0.4) is 0 Å². The van der Waals surface area contributed by atoms with Crippen molar-refractivity contribution in [1.29, 1.82) is 0 Å². The SMILES string of the molecule is C=C/C=C(/CC=C)c1ccc(C2=CC=C3C=CC=CC3C2)cc1. The molecular formula is C23H22. The predicted molar refractivity (Wildman–Crippen MR) is 102 cm³/mol. The fourth-order valence-electron chi connectivity index (χ4n) is 3.16. The quantitative estimate of drug-likeness (QED) is 0.443. The van der Waals surface area contributed by atoms with Gasteiger partial charge < -0.3 is 0 Å². The van der Waals surface area contributed by atoms with Gasteiger partial charge in [0.05, 0.1) is 0 Å². The molecule has 3 rings (SSSR count). The van der Waals surface area contributed by atoms with Gasteiger partial charge in [0.25, 0.3) is 0 Å². The van der Waals surface area contributed by atoms with Gasteiger partial charge in [-0.2, -0.15) is 0 Å². The molecule has 0 amide bonds. The molecule has 1 aromatic carbocycles. The molecule has 0 heteroatoms. The summed E-state index contributed by atoms with van der Waals surface area (Å²) >= 11 is 0. The van der Waals surface area contributed by atoms with E-state index < -0.39 is 0 Å². The van der Waals surface area contributed by atoms with Gasteiger partial charge in [-0.1, -0.05) is 85.5 Å². The molecule has 114 valence electrons. The Labute approximate surface area is 139 Å². The van der Waals surface area contributed by atoms with Crippen molar-refractivity contribution >= 4 is 11.1 Å². The lowest BCUT2D eigenvalue weighted by molar-refractivity contribution is 0.793. The van der Waals surface area contributed by atoms with E-state index in [-0.39, 0.29) is 0 Å². The molecule has 0 saturated heterocycles. The third-order valence-electron chi connectivity index (χ3n) is 4.40. The van der Waals surface area contributed by atoms with E-state index in [2.05, 4.69) is 80.0 Å². The Morgan fingerprint density at radius 1 is 1.09 bits per heavy atom. The van der Waals surface area contributed by atoms with Gasteiger partial charge in [0.15, 0.2) is 0 Å². The third-order valence-corrected chi connectivity index (χ3v) is 4.40. The number of hydrogen-bond donors (Lipinski definition) is 0. The molecule has 0 aromatic heterocycles. The van der Waals surface area contributed by atoms with Crippen molar-refractivity contribution in [3.8, 4) is 0 Å². The van der Waals surface area contributed by atoms with E-state index in [1.165, 1.54) is 27.8 Å². The molecule has 2 aliphatic carbocycles. The maximum absolute atomic E-state index is 3.83. The van der Waals surface area contributed by atoms with Crippen LogP contribution in [0.5, 0.6) is 0 Å². The maximum Gasteiger partial charge on any atom is 0.00617 e. The van der Waals surface area contributed by atoms with Gasteiger partial charge in [-0.05, 0) is 40.7 Å². The molecule has 0 fully saturated rings. The Kier molecular flexibility index (Phi) is 4.73. The number of benzene rings is 1. The molecule has 0 N–H and O–H groups in total. The highest BCUT2D eigenvalue weighted by Gasteiger charge is 2.17. The largest absolute Gasteiger partial charge is 0.103 e. The van der Waals surface area contributed by atoms with E-state index in [0.717, 1.165) is 12.8 Å². The van der Waals surface area contributed by atoms with E-state index in [0.29, 0.717) is 5.92 Å². The fraction of sp³-hybridized carbons (Fsp3) is 0.130. The van der Waals surface area contributed by atoms with Gasteiger partial charge in [-0.25, -0.2) is 0 Å². The summed E-state index contributed by atoms with van der Waals surface area (Å²) in [5, 5.41) is 0. The second kappa shape index (κ2) is 7.11. The van der Waals surface area contributed by atoms with Crippen LogP contribution >= 0.6 is 0 Å². The van der Waals surface area contributed by atoms with Gasteiger partial charge in [-0.15, -0.1) is 6.58 Å². The van der Waals surface area contributed by atoms with Crippen LogP contribution in [0.4, 0.5) is 0 Å². The topological polar surface area (TPSA) is 0 Å². The molecule has 1 atom stereocenters. The van der Waals surface area contributed by atoms with Crippen LogP contribution < -0.4 is 0 Å². The zero-order valence-electron chi connectivity index (χ0n) is 13.4. The van der Waals surface area contributed by atoms with Crippen molar-refractivity contribution in [2.45, 2.75) is 12.8 Å². The minimum Gasteiger partial charge on any atom is -0.103 e. The van der Waals surface area contributed by atoms with Crippen molar-refractivity contribution in [2.75, 3.05) is 0 Å². The first-order valence-electron chi connectivity index (χ1n) is 8.10. The smallest absolute Gasteiger partial charge is 0.00617 e. The summed E-state index contributed by atoms with van der Waals surface area (Å²) in [6.45, 7) is 7.63. The summed E-state index contributed by atoms with van der Waals surface area (Å²) in [5.74, 6) is 0.525. The van der Waals surface area contributed by atoms with Crippen LogP contribution in [0.25, 0.3) is 11.1 Å². The number of hydrogen-bond acceptors (Lipinski definition) is 0. The highest BCUT2D eigenvalue weighted by atomic mass is 14.2. The number of allylic oxidation sites excluding steroid dienone is 12. The summed E-state index contributed by atoms with van der Waals surface area (Å²) in [7, 11) is 0. The highest BCUT2D eigenvalue weighted by Crippen LogP contribution is 2.34. The van der Waals surface area contributed by atoms with Crippen LogP contribution in [-0.2, 0) is 0 Å². The lowest BCUT2D eigenvalue weighted by Gasteiger charge is -2.22. The summed E-state index contributed by atoms with van der Waals surface area (Å²) in [4.78, 5) is 0. The standard InChI is InChI=1S/C23H22/c1-3-7-18(8-4-2)20-11-13-21(14-12-20)23-16-15-19-9-5-6-10-22(19)17-23/h3-7,9-16,22H,1-2,8,17H2/b18-7-. The van der Waals surface area contributed by atoms with Gasteiger partial charge in [-0.3, -0.25) is 0 Å². The lowest BCUT2D eigenvalue weighted by Crippen LogP contribution is -2.06. The van der Waals surface area contributed by atoms with E-state index in [9.17, 15) is 0 Å². The molecular weight excluding hydrogens is 276 g/mol. The molecule has 23 heavy (non-hydrogen) atoms. The van der Waals surface area contributed by atoms with Crippen LogP contribution in [0.1, 0.15) is 24.0 Å². The Balaban J connectivity index is 1.84. The Morgan fingerprint density at radius 2 is 1.91 bits per heavy atom. The van der Waals surface area contributed by atoms with Crippen molar-refractivity contribution in [2.24, 2.45) is 5.92 Å². The minimum atomic E-state index is 0.525. The first-order chi connectivity index (χ1) is 11.3. The van der Waals surface area contributed by atoms with Gasteiger partial charge in [0.1, 0.15) is 0 Å². The van der Waals surface area contributed by atoms with Gasteiger partial charge in [0, 0.05) is 5.92 Å². The lowest BCUT2D eigenvalue weighted by atomic mass is 9.82. The summed E-state index contributed by atoms with van der Waals surface area (Å²) in [6.07, 6.45) is 21.0. The first kappa shape index (κ1) is 15.3. The van der Waals surface area contributed by atoms with E-state index in [1.54, 1.807) is 0 Å². The molecule has 0 nitrogen and oxygen atoms in total. The first-order valence-corrected chi connectivity index (χ1v) is 8.10. The predicted octanol–water partition coefficient (Wildman–Crippen LogP) is 6.29. The average Bonchev–Trinajstić information content (AvgIpc) is 2.61. The minimum absolute atomic E-state index is 0.525. The summed E-state index contributed by atoms with van der Waals surface area (Å²) < 4.78 is 0. The van der Waals surface area contributed by atoms with Crippen LogP contribution in [0.2, 0.25) is 0 Å². The van der Waals surface area contributed by atoms with Crippen molar-refractivity contribution < 1.29 is 0 Å². The van der Waals surface area contributed by atoms with E-state index in [4.69, 9.17) is 0 Å². The van der Waals surface area contributed by atoms with Gasteiger partial charge in [0.2, 0.25) is 0 Å². The number of rotatable bonds is 5. The van der Waals surface area contributed by atoms with Crippen molar-refractivity contribution in [1.82, 2.24) is 0 Å². The molecule has 0 spiro atoms. The Hall–Kier alpha value is -2.60. The average molecular weight is 298 g/mol. The van der Waals surface area contributed by atoms with Gasteiger partial charge >= 0.3 is 0 Å². The van der Waals surface area contributed by atoms with Crippen molar-refractivity contribution in [3.05, 3.63) is 109 Å². The zero-order chi connectivity index (χ0) is 16.1. The Morgan fingerprint density at radius 3 is 2.65 bits per heavy atom. The monoisotopic (exact) mass is 298 g/mol. The fourth-order valence-corrected chi connectivity index (χ4v) is 3.16. The molecule has 1 aromatic rings. The summed E-state index contributed by atoms with van der Waals surface area (Å²) in [5.41, 5.74) is 6.62. The molecule has 0 aliphatic heterocycles. The van der Waals surface area contributed by atoms with Crippen molar-refractivity contribution in [3.63, 3.8) is 0 Å². The molecule has 0 saturated carbocycles. The third kappa shape index (κ3) is 3.43. The summed E-state index contributed by atoms with van der Waals surface area (Å²) in [6, 6.07) is 8.85. The maximum atomic E-state index is 3.83. The van der Waals surface area contributed by atoms with E-state index >= 15 is 0 Å². The second-order valence-electron chi connectivity index (χ2n) is 5.91. The normalized spacial score (nSPS) is 19.7. The molecule has 0 heterocycles. The molecule has 0 radical (unpaired) electrons. The molecule has 1 unspecified atom stereocenters. The van der Waals surface area contributed by atoms with Crippen LogP contribution in [0, 0.1) is 5.92 Å².